The van der Waals surface area contributed by atoms with Crippen molar-refractivity contribution in [3.63, 3.8) is 0 Å². The predicted molar refractivity (Wildman–Crippen MR) is 57.2 cm³/mol. The first-order valence-electron chi connectivity index (χ1n) is 4.30. The maximum atomic E-state index is 5.91. The van der Waals surface area contributed by atoms with Crippen molar-refractivity contribution >= 4 is 22.6 Å². The molecule has 3 nitrogen and oxygen atoms in total. The van der Waals surface area contributed by atoms with Crippen LogP contribution in [0.1, 0.15) is 26.7 Å². The zero-order valence-electron chi connectivity index (χ0n) is 8.21. The lowest BCUT2D eigenvalue weighted by molar-refractivity contribution is 0.508. The highest BCUT2D eigenvalue weighted by Gasteiger charge is 2.17. The molecule has 0 saturated carbocycles. The van der Waals surface area contributed by atoms with Crippen molar-refractivity contribution in [3.8, 4) is 0 Å². The number of hydrazone groups is 1. The number of hydrogen-bond donors (Lipinski definition) is 0. The Bertz CT molecular complexity index is 279. The molecule has 4 heteroatoms. The van der Waals surface area contributed by atoms with E-state index in [1.165, 1.54) is 0 Å². The predicted octanol–water partition coefficient (Wildman–Crippen LogP) is 2.59. The van der Waals surface area contributed by atoms with Gasteiger partial charge in [0.25, 0.3) is 0 Å². The smallest absolute Gasteiger partial charge is 0.218 e. The second-order valence-electron chi connectivity index (χ2n) is 2.92. The molecule has 0 saturated heterocycles. The lowest BCUT2D eigenvalue weighted by atomic mass is 10.1. The molecule has 0 N–H and O–H groups in total. The Labute approximate surface area is 83.8 Å². The van der Waals surface area contributed by atoms with Gasteiger partial charge in [0, 0.05) is 18.5 Å². The summed E-state index contributed by atoms with van der Waals surface area (Å²) < 4.78 is 0. The average molecular weight is 200 g/mol. The van der Waals surface area contributed by atoms with E-state index in [0.29, 0.717) is 5.29 Å². The summed E-state index contributed by atoms with van der Waals surface area (Å²) in [5.74, 6) is 0. The minimum absolute atomic E-state index is 0.423. The molecule has 0 radical (unpaired) electrons. The second kappa shape index (κ2) is 4.42. The van der Waals surface area contributed by atoms with Crippen LogP contribution in [0.4, 0.5) is 0 Å². The van der Waals surface area contributed by atoms with Gasteiger partial charge >= 0.3 is 0 Å². The summed E-state index contributed by atoms with van der Waals surface area (Å²) in [7, 11) is 1.66. The molecule has 0 bridgehead atoms. The number of nitrogens with zero attached hydrogens (tertiary/aromatic N) is 3. The molecule has 0 aliphatic carbocycles. The highest BCUT2D eigenvalue weighted by Crippen LogP contribution is 2.20. The van der Waals surface area contributed by atoms with Crippen molar-refractivity contribution in [2.75, 3.05) is 7.05 Å². The molecule has 1 aliphatic rings. The molecule has 0 aromatic heterocycles. The van der Waals surface area contributed by atoms with Crippen molar-refractivity contribution in [2.24, 2.45) is 10.1 Å². The van der Waals surface area contributed by atoms with Crippen LogP contribution in [0, 0.1) is 0 Å². The van der Waals surface area contributed by atoms with E-state index < -0.39 is 0 Å². The van der Waals surface area contributed by atoms with Crippen LogP contribution in [0.25, 0.3) is 0 Å². The van der Waals surface area contributed by atoms with Crippen LogP contribution in [-0.2, 0) is 0 Å². The van der Waals surface area contributed by atoms with Crippen LogP contribution >= 0.6 is 11.6 Å². The van der Waals surface area contributed by atoms with E-state index in [9.17, 15) is 0 Å². The average Bonchev–Trinajstić information content (AvgIpc) is 2.16. The SMILES string of the molecule is CC=C1CCC(C)=NN1C(Cl)=NC. The Morgan fingerprint density at radius 2 is 2.31 bits per heavy atom. The fourth-order valence-corrected chi connectivity index (χ4v) is 1.37. The van der Waals surface area contributed by atoms with Crippen molar-refractivity contribution < 1.29 is 0 Å². The van der Waals surface area contributed by atoms with E-state index in [4.69, 9.17) is 11.6 Å². The minimum Gasteiger partial charge on any atom is -0.260 e. The Hall–Kier alpha value is -0.830. The highest BCUT2D eigenvalue weighted by molar-refractivity contribution is 6.64. The second-order valence-corrected chi connectivity index (χ2v) is 3.26. The molecule has 0 fully saturated rings. The number of rotatable bonds is 0. The third-order valence-electron chi connectivity index (χ3n) is 1.98. The monoisotopic (exact) mass is 199 g/mol. The topological polar surface area (TPSA) is 28.0 Å². The van der Waals surface area contributed by atoms with E-state index >= 15 is 0 Å². The Balaban J connectivity index is 2.95. The third kappa shape index (κ3) is 2.31. The van der Waals surface area contributed by atoms with Gasteiger partial charge in [0.2, 0.25) is 5.29 Å². The van der Waals surface area contributed by atoms with Crippen LogP contribution < -0.4 is 0 Å². The van der Waals surface area contributed by atoms with Crippen molar-refractivity contribution in [2.45, 2.75) is 26.7 Å². The Kier molecular flexibility index (Phi) is 3.48. The first kappa shape index (κ1) is 10.3. The number of hydrogen-bond acceptors (Lipinski definition) is 2. The third-order valence-corrected chi connectivity index (χ3v) is 2.31. The lowest BCUT2D eigenvalue weighted by Crippen LogP contribution is -2.26. The molecule has 1 rings (SSSR count). The molecule has 1 heterocycles. The molecule has 1 aliphatic heterocycles. The molecule has 0 unspecified atom stereocenters. The summed E-state index contributed by atoms with van der Waals surface area (Å²) in [6.07, 6.45) is 4.01. The first-order valence-corrected chi connectivity index (χ1v) is 4.68. The van der Waals surface area contributed by atoms with Gasteiger partial charge in [-0.25, -0.2) is 5.01 Å². The van der Waals surface area contributed by atoms with E-state index in [-0.39, 0.29) is 0 Å². The first-order chi connectivity index (χ1) is 6.19. The molecule has 0 amide bonds. The zero-order valence-corrected chi connectivity index (χ0v) is 8.97. The lowest BCUT2D eigenvalue weighted by Gasteiger charge is -2.25. The molecule has 72 valence electrons. The zero-order chi connectivity index (χ0) is 9.84. The summed E-state index contributed by atoms with van der Waals surface area (Å²) in [5, 5.41) is 6.44. The van der Waals surface area contributed by atoms with Gasteiger partial charge in [-0.3, -0.25) is 4.99 Å². The molecule has 0 aromatic rings. The summed E-state index contributed by atoms with van der Waals surface area (Å²) >= 11 is 5.91. The van der Waals surface area contributed by atoms with Crippen molar-refractivity contribution in [3.05, 3.63) is 11.8 Å². The molecule has 0 atom stereocenters. The van der Waals surface area contributed by atoms with Gasteiger partial charge in [0.05, 0.1) is 0 Å². The van der Waals surface area contributed by atoms with Crippen molar-refractivity contribution in [1.29, 1.82) is 0 Å². The Morgan fingerprint density at radius 3 is 2.85 bits per heavy atom. The number of amidine groups is 1. The fourth-order valence-electron chi connectivity index (χ4n) is 1.22. The number of aliphatic imine (C=N–C) groups is 1. The van der Waals surface area contributed by atoms with Crippen LogP contribution in [0.2, 0.25) is 0 Å². The number of halogens is 1. The fraction of sp³-hybridized carbons (Fsp3) is 0.556. The summed E-state index contributed by atoms with van der Waals surface area (Å²) in [6.45, 7) is 3.98. The van der Waals surface area contributed by atoms with E-state index in [0.717, 1.165) is 24.3 Å². The van der Waals surface area contributed by atoms with Gasteiger partial charge in [0.1, 0.15) is 0 Å². The molecule has 13 heavy (non-hydrogen) atoms. The number of allylic oxidation sites excluding steroid dienone is 2. The largest absolute Gasteiger partial charge is 0.260 e. The maximum Gasteiger partial charge on any atom is 0.218 e. The summed E-state index contributed by atoms with van der Waals surface area (Å²) in [4.78, 5) is 3.90. The normalized spacial score (nSPS) is 22.2. The quantitative estimate of drug-likeness (QED) is 0.335. The van der Waals surface area contributed by atoms with Gasteiger partial charge in [-0.2, -0.15) is 5.10 Å². The van der Waals surface area contributed by atoms with Crippen molar-refractivity contribution in [1.82, 2.24) is 5.01 Å². The molecular weight excluding hydrogens is 186 g/mol. The van der Waals surface area contributed by atoms with Crippen LogP contribution in [-0.4, -0.2) is 23.1 Å². The van der Waals surface area contributed by atoms with Gasteiger partial charge < -0.3 is 0 Å². The van der Waals surface area contributed by atoms with E-state index in [1.807, 2.05) is 19.9 Å². The van der Waals surface area contributed by atoms with Crippen LogP contribution in [0.5, 0.6) is 0 Å². The Morgan fingerprint density at radius 1 is 1.62 bits per heavy atom. The van der Waals surface area contributed by atoms with E-state index in [2.05, 4.69) is 10.1 Å². The van der Waals surface area contributed by atoms with E-state index in [1.54, 1.807) is 12.1 Å². The molecular formula is C9H14ClN3. The molecule has 0 spiro atoms. The standard InChI is InChI=1S/C9H14ClN3/c1-4-8-6-5-7(2)12-13(8)9(10)11-3/h4H,5-6H2,1-3H3. The van der Waals surface area contributed by atoms with Gasteiger partial charge in [-0.1, -0.05) is 6.08 Å². The molecule has 0 aromatic carbocycles. The summed E-state index contributed by atoms with van der Waals surface area (Å²) in [6, 6.07) is 0. The van der Waals surface area contributed by atoms with Gasteiger partial charge in [-0.15, -0.1) is 0 Å². The van der Waals surface area contributed by atoms with Gasteiger partial charge in [-0.05, 0) is 38.3 Å². The maximum absolute atomic E-state index is 5.91. The van der Waals surface area contributed by atoms with Crippen LogP contribution in [0.3, 0.4) is 0 Å². The van der Waals surface area contributed by atoms with Crippen LogP contribution in [0.15, 0.2) is 21.9 Å². The minimum atomic E-state index is 0.423. The highest BCUT2D eigenvalue weighted by atomic mass is 35.5. The summed E-state index contributed by atoms with van der Waals surface area (Å²) in [5.41, 5.74) is 2.20. The van der Waals surface area contributed by atoms with Gasteiger partial charge in [0.15, 0.2) is 0 Å².